The van der Waals surface area contributed by atoms with Crippen molar-refractivity contribution in [3.05, 3.63) is 66.0 Å². The van der Waals surface area contributed by atoms with Gasteiger partial charge in [-0.3, -0.25) is 14.2 Å². The zero-order valence-corrected chi connectivity index (χ0v) is 19.1. The third-order valence-corrected chi connectivity index (χ3v) is 5.79. The minimum atomic E-state index is -0.114. The number of aromatic nitrogens is 2. The van der Waals surface area contributed by atoms with Gasteiger partial charge in [0.05, 0.1) is 11.4 Å². The summed E-state index contributed by atoms with van der Waals surface area (Å²) < 4.78 is 2.01. The highest BCUT2D eigenvalue weighted by Gasteiger charge is 2.12. The van der Waals surface area contributed by atoms with Crippen molar-refractivity contribution in [2.45, 2.75) is 39.3 Å². The first-order valence-electron chi connectivity index (χ1n) is 10.3. The number of carbonyl (C=O) groups excluding carboxylic acids is 2. The monoisotopic (exact) mass is 436 g/mol. The molecule has 7 heteroatoms. The minimum absolute atomic E-state index is 0.0115. The molecule has 0 aliphatic heterocycles. The zero-order valence-electron chi connectivity index (χ0n) is 18.3. The van der Waals surface area contributed by atoms with Gasteiger partial charge in [0.15, 0.2) is 5.16 Å². The van der Waals surface area contributed by atoms with Gasteiger partial charge in [0.2, 0.25) is 11.8 Å². The SMILES string of the molecule is Cc1cccc(-n2ccnc2SCC(=O)Nc2ccc(NC(=O)CC(C)C)cc2)c1C. The van der Waals surface area contributed by atoms with Crippen molar-refractivity contribution in [1.82, 2.24) is 9.55 Å². The first-order valence-corrected chi connectivity index (χ1v) is 11.2. The number of hydrogen-bond donors (Lipinski definition) is 2. The maximum Gasteiger partial charge on any atom is 0.234 e. The van der Waals surface area contributed by atoms with Crippen LogP contribution in [0, 0.1) is 19.8 Å². The fourth-order valence-corrected chi connectivity index (χ4v) is 3.89. The Morgan fingerprint density at radius 1 is 1.00 bits per heavy atom. The van der Waals surface area contributed by atoms with E-state index in [2.05, 4.69) is 41.6 Å². The lowest BCUT2D eigenvalue weighted by Crippen LogP contribution is -2.15. The lowest BCUT2D eigenvalue weighted by molar-refractivity contribution is -0.117. The summed E-state index contributed by atoms with van der Waals surface area (Å²) in [6.07, 6.45) is 4.14. The van der Waals surface area contributed by atoms with E-state index in [1.807, 2.05) is 30.7 Å². The summed E-state index contributed by atoms with van der Waals surface area (Å²) in [5.74, 6) is 0.426. The van der Waals surface area contributed by atoms with E-state index in [1.54, 1.807) is 30.5 Å². The molecule has 0 bridgehead atoms. The number of aryl methyl sites for hydroxylation is 1. The molecule has 2 amide bonds. The number of rotatable bonds is 8. The van der Waals surface area contributed by atoms with Gasteiger partial charge in [-0.2, -0.15) is 0 Å². The number of anilines is 2. The number of carbonyl (C=O) groups is 2. The van der Waals surface area contributed by atoms with Gasteiger partial charge in [0, 0.05) is 30.2 Å². The van der Waals surface area contributed by atoms with E-state index < -0.39 is 0 Å². The summed E-state index contributed by atoms with van der Waals surface area (Å²) in [6.45, 7) is 8.17. The average Bonchev–Trinajstić information content (AvgIpc) is 3.18. The maximum atomic E-state index is 12.4. The Labute approximate surface area is 187 Å². The number of imidazole rings is 1. The van der Waals surface area contributed by atoms with Crippen LogP contribution in [0.25, 0.3) is 5.69 Å². The van der Waals surface area contributed by atoms with Crippen LogP contribution in [0.15, 0.2) is 60.0 Å². The van der Waals surface area contributed by atoms with E-state index in [0.29, 0.717) is 23.7 Å². The molecule has 0 unspecified atom stereocenters. The number of hydrogen-bond acceptors (Lipinski definition) is 4. The largest absolute Gasteiger partial charge is 0.326 e. The Balaban J connectivity index is 1.56. The fraction of sp³-hybridized carbons (Fsp3) is 0.292. The van der Waals surface area contributed by atoms with Crippen molar-refractivity contribution in [3.8, 4) is 5.69 Å². The molecule has 162 valence electrons. The van der Waals surface area contributed by atoms with Gasteiger partial charge < -0.3 is 10.6 Å². The Morgan fingerprint density at radius 2 is 1.65 bits per heavy atom. The third-order valence-electron chi connectivity index (χ3n) is 4.82. The fourth-order valence-electron chi connectivity index (χ4n) is 3.12. The van der Waals surface area contributed by atoms with Crippen molar-refractivity contribution in [2.75, 3.05) is 16.4 Å². The molecular weight excluding hydrogens is 408 g/mol. The molecule has 6 nitrogen and oxygen atoms in total. The number of nitrogens with one attached hydrogen (secondary N) is 2. The highest BCUT2D eigenvalue weighted by molar-refractivity contribution is 7.99. The highest BCUT2D eigenvalue weighted by atomic mass is 32.2. The molecule has 3 rings (SSSR count). The van der Waals surface area contributed by atoms with Gasteiger partial charge in [-0.05, 0) is 61.2 Å². The van der Waals surface area contributed by atoms with Crippen LogP contribution in [0.1, 0.15) is 31.4 Å². The first-order chi connectivity index (χ1) is 14.8. The molecule has 0 aliphatic rings. The molecule has 3 aromatic rings. The normalized spacial score (nSPS) is 10.9. The zero-order chi connectivity index (χ0) is 22.4. The number of nitrogens with zero attached hydrogens (tertiary/aromatic N) is 2. The Kier molecular flexibility index (Phi) is 7.52. The molecule has 0 spiro atoms. The van der Waals surface area contributed by atoms with Crippen LogP contribution < -0.4 is 10.6 Å². The Bertz CT molecular complexity index is 1060. The second-order valence-electron chi connectivity index (χ2n) is 7.86. The topological polar surface area (TPSA) is 76.0 Å². The predicted molar refractivity (Wildman–Crippen MR) is 127 cm³/mol. The van der Waals surface area contributed by atoms with Crippen LogP contribution in [-0.4, -0.2) is 27.1 Å². The van der Waals surface area contributed by atoms with Gasteiger partial charge in [-0.1, -0.05) is 37.7 Å². The molecule has 1 aromatic heterocycles. The summed E-state index contributed by atoms with van der Waals surface area (Å²) >= 11 is 1.39. The average molecular weight is 437 g/mol. The molecule has 0 atom stereocenters. The van der Waals surface area contributed by atoms with Crippen LogP contribution in [-0.2, 0) is 9.59 Å². The van der Waals surface area contributed by atoms with Crippen molar-refractivity contribution in [3.63, 3.8) is 0 Å². The van der Waals surface area contributed by atoms with Crippen LogP contribution >= 0.6 is 11.8 Å². The van der Waals surface area contributed by atoms with Crippen LogP contribution in [0.3, 0.4) is 0 Å². The van der Waals surface area contributed by atoms with E-state index in [4.69, 9.17) is 0 Å². The van der Waals surface area contributed by atoms with E-state index in [-0.39, 0.29) is 17.6 Å². The second-order valence-corrected chi connectivity index (χ2v) is 8.80. The first kappa shape index (κ1) is 22.6. The molecule has 1 heterocycles. The number of benzene rings is 2. The summed E-state index contributed by atoms with van der Waals surface area (Å²) in [7, 11) is 0. The molecule has 0 saturated carbocycles. The van der Waals surface area contributed by atoms with Crippen molar-refractivity contribution in [1.29, 1.82) is 0 Å². The van der Waals surface area contributed by atoms with Gasteiger partial charge in [0.25, 0.3) is 0 Å². The van der Waals surface area contributed by atoms with Crippen LogP contribution in [0.2, 0.25) is 0 Å². The van der Waals surface area contributed by atoms with Gasteiger partial charge in [-0.25, -0.2) is 4.98 Å². The highest BCUT2D eigenvalue weighted by Crippen LogP contribution is 2.24. The summed E-state index contributed by atoms with van der Waals surface area (Å²) in [6, 6.07) is 13.3. The molecule has 0 radical (unpaired) electrons. The van der Waals surface area contributed by atoms with Crippen molar-refractivity contribution < 1.29 is 9.59 Å². The molecule has 0 fully saturated rings. The maximum absolute atomic E-state index is 12.4. The molecule has 2 N–H and O–H groups in total. The van der Waals surface area contributed by atoms with Crippen LogP contribution in [0.5, 0.6) is 0 Å². The van der Waals surface area contributed by atoms with Crippen LogP contribution in [0.4, 0.5) is 11.4 Å². The standard InChI is InChI=1S/C24H28N4O2S/c1-16(2)14-22(29)26-19-8-10-20(11-9-19)27-23(30)15-31-24-25-12-13-28(24)21-7-5-6-17(3)18(21)4/h5-13,16H,14-15H2,1-4H3,(H,26,29)(H,27,30). The van der Waals surface area contributed by atoms with Crippen molar-refractivity contribution in [2.24, 2.45) is 5.92 Å². The van der Waals surface area contributed by atoms with E-state index in [0.717, 1.165) is 10.8 Å². The lowest BCUT2D eigenvalue weighted by atomic mass is 10.1. The van der Waals surface area contributed by atoms with E-state index in [9.17, 15) is 9.59 Å². The molecular formula is C24H28N4O2S. The Morgan fingerprint density at radius 3 is 2.29 bits per heavy atom. The third kappa shape index (κ3) is 6.21. The van der Waals surface area contributed by atoms with E-state index >= 15 is 0 Å². The summed E-state index contributed by atoms with van der Waals surface area (Å²) in [4.78, 5) is 28.7. The molecule has 0 aliphatic carbocycles. The predicted octanol–water partition coefficient (Wildman–Crippen LogP) is 5.20. The molecule has 2 aromatic carbocycles. The van der Waals surface area contributed by atoms with E-state index in [1.165, 1.54) is 22.9 Å². The molecule has 0 saturated heterocycles. The van der Waals surface area contributed by atoms with Gasteiger partial charge in [-0.15, -0.1) is 0 Å². The second kappa shape index (κ2) is 10.3. The minimum Gasteiger partial charge on any atom is -0.326 e. The Hall–Kier alpha value is -3.06. The van der Waals surface area contributed by atoms with Gasteiger partial charge in [0.1, 0.15) is 0 Å². The quantitative estimate of drug-likeness (QED) is 0.476. The molecule has 31 heavy (non-hydrogen) atoms. The number of thioether (sulfide) groups is 1. The summed E-state index contributed by atoms with van der Waals surface area (Å²) in [5.41, 5.74) is 4.87. The number of amides is 2. The smallest absolute Gasteiger partial charge is 0.234 e. The lowest BCUT2D eigenvalue weighted by Gasteiger charge is -2.12. The van der Waals surface area contributed by atoms with Crippen molar-refractivity contribution >= 4 is 35.0 Å². The van der Waals surface area contributed by atoms with Gasteiger partial charge >= 0.3 is 0 Å². The summed E-state index contributed by atoms with van der Waals surface area (Å²) in [5, 5.41) is 6.52.